The molecule has 0 aliphatic heterocycles. The standard InChI is InChI=1S/C14H16N2O3/c1-3-19-14(17)12-8-15-16(10-12)9-11-6-4-5-7-13(11)18-2/h4-8,10H,3,9H2,1-2H3. The first-order chi connectivity index (χ1) is 9.24. The lowest BCUT2D eigenvalue weighted by atomic mass is 10.2. The van der Waals surface area contributed by atoms with Gasteiger partial charge in [-0.05, 0) is 13.0 Å². The summed E-state index contributed by atoms with van der Waals surface area (Å²) < 4.78 is 11.9. The summed E-state index contributed by atoms with van der Waals surface area (Å²) in [5.41, 5.74) is 1.46. The number of esters is 1. The molecule has 0 radical (unpaired) electrons. The molecule has 0 aliphatic carbocycles. The minimum absolute atomic E-state index is 0.353. The number of para-hydroxylation sites is 1. The molecule has 0 atom stereocenters. The average molecular weight is 260 g/mol. The maximum atomic E-state index is 11.5. The van der Waals surface area contributed by atoms with Gasteiger partial charge >= 0.3 is 5.97 Å². The van der Waals surface area contributed by atoms with Crippen LogP contribution in [0, 0.1) is 0 Å². The largest absolute Gasteiger partial charge is 0.496 e. The zero-order chi connectivity index (χ0) is 13.7. The van der Waals surface area contributed by atoms with Gasteiger partial charge < -0.3 is 9.47 Å². The van der Waals surface area contributed by atoms with Crippen molar-refractivity contribution in [1.29, 1.82) is 0 Å². The molecule has 0 spiro atoms. The van der Waals surface area contributed by atoms with E-state index in [1.807, 2.05) is 24.3 Å². The second kappa shape index (κ2) is 6.04. The number of carbonyl (C=O) groups is 1. The molecule has 0 saturated heterocycles. The topological polar surface area (TPSA) is 53.3 Å². The average Bonchev–Trinajstić information content (AvgIpc) is 2.88. The summed E-state index contributed by atoms with van der Waals surface area (Å²) >= 11 is 0. The quantitative estimate of drug-likeness (QED) is 0.773. The van der Waals surface area contributed by atoms with Gasteiger partial charge in [-0.15, -0.1) is 0 Å². The highest BCUT2D eigenvalue weighted by molar-refractivity contribution is 5.88. The normalized spacial score (nSPS) is 10.2. The van der Waals surface area contributed by atoms with Gasteiger partial charge in [0.2, 0.25) is 0 Å². The number of aromatic nitrogens is 2. The van der Waals surface area contributed by atoms with Gasteiger partial charge in [0.25, 0.3) is 0 Å². The van der Waals surface area contributed by atoms with Crippen LogP contribution in [0.25, 0.3) is 0 Å². The highest BCUT2D eigenvalue weighted by Crippen LogP contribution is 2.18. The van der Waals surface area contributed by atoms with Gasteiger partial charge in [0, 0.05) is 11.8 Å². The van der Waals surface area contributed by atoms with Crippen LogP contribution in [-0.2, 0) is 11.3 Å². The second-order valence-corrected chi connectivity index (χ2v) is 3.96. The van der Waals surface area contributed by atoms with E-state index in [1.165, 1.54) is 6.20 Å². The Morgan fingerprint density at radius 1 is 1.37 bits per heavy atom. The van der Waals surface area contributed by atoms with Gasteiger partial charge in [-0.1, -0.05) is 18.2 Å². The van der Waals surface area contributed by atoms with E-state index in [4.69, 9.17) is 9.47 Å². The summed E-state index contributed by atoms with van der Waals surface area (Å²) in [5, 5.41) is 4.15. The van der Waals surface area contributed by atoms with Crippen molar-refractivity contribution in [2.45, 2.75) is 13.5 Å². The zero-order valence-electron chi connectivity index (χ0n) is 11.0. The van der Waals surface area contributed by atoms with Crippen LogP contribution < -0.4 is 4.74 Å². The van der Waals surface area contributed by atoms with E-state index in [-0.39, 0.29) is 5.97 Å². The molecular weight excluding hydrogens is 244 g/mol. The maximum Gasteiger partial charge on any atom is 0.341 e. The number of benzene rings is 1. The van der Waals surface area contributed by atoms with Crippen LogP contribution in [0.2, 0.25) is 0 Å². The van der Waals surface area contributed by atoms with Crippen molar-refractivity contribution in [2.75, 3.05) is 13.7 Å². The van der Waals surface area contributed by atoms with Gasteiger partial charge in [-0.3, -0.25) is 4.68 Å². The molecule has 0 saturated carbocycles. The molecule has 0 amide bonds. The van der Waals surface area contributed by atoms with Crippen molar-refractivity contribution in [3.05, 3.63) is 47.8 Å². The Kier molecular flexibility index (Phi) is 4.18. The van der Waals surface area contributed by atoms with Gasteiger partial charge in [-0.25, -0.2) is 4.79 Å². The van der Waals surface area contributed by atoms with Crippen LogP contribution >= 0.6 is 0 Å². The number of hydrogen-bond donors (Lipinski definition) is 0. The summed E-state index contributed by atoms with van der Waals surface area (Å²) in [6.45, 7) is 2.68. The molecule has 5 nitrogen and oxygen atoms in total. The molecule has 19 heavy (non-hydrogen) atoms. The monoisotopic (exact) mass is 260 g/mol. The third-order valence-corrected chi connectivity index (χ3v) is 2.67. The van der Waals surface area contributed by atoms with E-state index in [2.05, 4.69) is 5.10 Å². The summed E-state index contributed by atoms with van der Waals surface area (Å²) in [5.74, 6) is 0.449. The van der Waals surface area contributed by atoms with Gasteiger partial charge in [0.05, 0.1) is 32.0 Å². The van der Waals surface area contributed by atoms with Crippen molar-refractivity contribution in [2.24, 2.45) is 0 Å². The molecule has 2 aromatic rings. The fourth-order valence-corrected chi connectivity index (χ4v) is 1.78. The molecule has 5 heteroatoms. The van der Waals surface area contributed by atoms with Gasteiger partial charge in [0.15, 0.2) is 0 Å². The van der Waals surface area contributed by atoms with E-state index in [0.29, 0.717) is 18.7 Å². The molecule has 0 aliphatic rings. The molecule has 0 bridgehead atoms. The Labute approximate surface area is 111 Å². The number of methoxy groups -OCH3 is 1. The van der Waals surface area contributed by atoms with Gasteiger partial charge in [0.1, 0.15) is 5.75 Å². The number of carbonyl (C=O) groups excluding carboxylic acids is 1. The first-order valence-corrected chi connectivity index (χ1v) is 6.06. The lowest BCUT2D eigenvalue weighted by Crippen LogP contribution is -2.04. The minimum Gasteiger partial charge on any atom is -0.496 e. The van der Waals surface area contributed by atoms with Crippen LogP contribution in [0.4, 0.5) is 0 Å². The fraction of sp³-hybridized carbons (Fsp3) is 0.286. The Balaban J connectivity index is 2.13. The Bertz CT molecular complexity index is 563. The smallest absolute Gasteiger partial charge is 0.341 e. The predicted molar refractivity (Wildman–Crippen MR) is 70.3 cm³/mol. The van der Waals surface area contributed by atoms with Crippen molar-refractivity contribution in [3.63, 3.8) is 0 Å². The third-order valence-electron chi connectivity index (χ3n) is 2.67. The van der Waals surface area contributed by atoms with Crippen LogP contribution in [-0.4, -0.2) is 29.5 Å². The minimum atomic E-state index is -0.353. The van der Waals surface area contributed by atoms with Crippen LogP contribution in [0.3, 0.4) is 0 Å². The SMILES string of the molecule is CCOC(=O)c1cnn(Cc2ccccc2OC)c1. The lowest BCUT2D eigenvalue weighted by molar-refractivity contribution is 0.0526. The molecule has 1 heterocycles. The zero-order valence-corrected chi connectivity index (χ0v) is 11.0. The molecule has 0 N–H and O–H groups in total. The lowest BCUT2D eigenvalue weighted by Gasteiger charge is -2.07. The highest BCUT2D eigenvalue weighted by Gasteiger charge is 2.10. The highest BCUT2D eigenvalue weighted by atomic mass is 16.5. The van der Waals surface area contributed by atoms with Crippen molar-refractivity contribution in [3.8, 4) is 5.75 Å². The molecule has 1 aromatic carbocycles. The molecule has 100 valence electrons. The van der Waals surface area contributed by atoms with Crippen molar-refractivity contribution < 1.29 is 14.3 Å². The van der Waals surface area contributed by atoms with Crippen LogP contribution in [0.15, 0.2) is 36.7 Å². The first-order valence-electron chi connectivity index (χ1n) is 6.06. The van der Waals surface area contributed by atoms with E-state index in [1.54, 1.807) is 24.9 Å². The van der Waals surface area contributed by atoms with Crippen LogP contribution in [0.5, 0.6) is 5.75 Å². The van der Waals surface area contributed by atoms with Crippen molar-refractivity contribution >= 4 is 5.97 Å². The second-order valence-electron chi connectivity index (χ2n) is 3.96. The summed E-state index contributed by atoms with van der Waals surface area (Å²) in [6.07, 6.45) is 3.18. The number of hydrogen-bond acceptors (Lipinski definition) is 4. The van der Waals surface area contributed by atoms with E-state index in [9.17, 15) is 4.79 Å². The number of ether oxygens (including phenoxy) is 2. The molecule has 1 aromatic heterocycles. The Morgan fingerprint density at radius 3 is 2.89 bits per heavy atom. The van der Waals surface area contributed by atoms with E-state index in [0.717, 1.165) is 11.3 Å². The predicted octanol–water partition coefficient (Wildman–Crippen LogP) is 2.12. The summed E-state index contributed by atoms with van der Waals surface area (Å²) in [7, 11) is 1.63. The van der Waals surface area contributed by atoms with E-state index < -0.39 is 0 Å². The summed E-state index contributed by atoms with van der Waals surface area (Å²) in [4.78, 5) is 11.5. The summed E-state index contributed by atoms with van der Waals surface area (Å²) in [6, 6.07) is 7.71. The fourth-order valence-electron chi connectivity index (χ4n) is 1.78. The number of nitrogens with zero attached hydrogens (tertiary/aromatic N) is 2. The molecular formula is C14H16N2O3. The van der Waals surface area contributed by atoms with Crippen molar-refractivity contribution in [1.82, 2.24) is 9.78 Å². The van der Waals surface area contributed by atoms with Crippen LogP contribution in [0.1, 0.15) is 22.8 Å². The Morgan fingerprint density at radius 2 is 2.16 bits per heavy atom. The maximum absolute atomic E-state index is 11.5. The molecule has 2 rings (SSSR count). The van der Waals surface area contributed by atoms with E-state index >= 15 is 0 Å². The first kappa shape index (κ1) is 13.1. The van der Waals surface area contributed by atoms with Gasteiger partial charge in [-0.2, -0.15) is 5.10 Å². The number of rotatable bonds is 5. The third kappa shape index (κ3) is 3.13. The molecule has 0 fully saturated rings. The Hall–Kier alpha value is -2.30. The molecule has 0 unspecified atom stereocenters.